The number of para-hydroxylation sites is 1. The topological polar surface area (TPSA) is 29.5 Å². The van der Waals surface area contributed by atoms with Crippen molar-refractivity contribution in [3.05, 3.63) is 64.2 Å². The van der Waals surface area contributed by atoms with E-state index in [-0.39, 0.29) is 6.61 Å². The predicted molar refractivity (Wildman–Crippen MR) is 72.9 cm³/mol. The lowest BCUT2D eigenvalue weighted by Crippen LogP contribution is -1.99. The molecule has 0 aliphatic rings. The van der Waals surface area contributed by atoms with Crippen LogP contribution in [0, 0.1) is 6.92 Å². The van der Waals surface area contributed by atoms with E-state index >= 15 is 0 Å². The van der Waals surface area contributed by atoms with Crippen LogP contribution >= 0.6 is 11.6 Å². The summed E-state index contributed by atoms with van der Waals surface area (Å²) in [5.74, 6) is 0.558. The van der Waals surface area contributed by atoms with E-state index in [4.69, 9.17) is 16.3 Å². The van der Waals surface area contributed by atoms with Crippen LogP contribution in [0.2, 0.25) is 5.02 Å². The number of hydrogen-bond donors (Lipinski definition) is 1. The largest absolute Gasteiger partial charge is 0.487 e. The van der Waals surface area contributed by atoms with E-state index in [1.807, 2.05) is 31.2 Å². The highest BCUT2D eigenvalue weighted by Crippen LogP contribution is 2.29. The van der Waals surface area contributed by atoms with Gasteiger partial charge in [-0.15, -0.1) is 0 Å². The third-order valence-electron chi connectivity index (χ3n) is 2.72. The molecule has 0 atom stereocenters. The van der Waals surface area contributed by atoms with Crippen LogP contribution in [0.25, 0.3) is 0 Å². The van der Waals surface area contributed by atoms with E-state index in [1.165, 1.54) is 5.56 Å². The Balaban J connectivity index is 2.12. The summed E-state index contributed by atoms with van der Waals surface area (Å²) in [6.07, 6.45) is 0. The number of halogens is 1. The molecule has 3 heteroatoms. The molecule has 2 aromatic rings. The summed E-state index contributed by atoms with van der Waals surface area (Å²) in [7, 11) is 0. The first-order chi connectivity index (χ1) is 8.70. The summed E-state index contributed by atoms with van der Waals surface area (Å²) in [6.45, 7) is 2.41. The van der Waals surface area contributed by atoms with Crippen molar-refractivity contribution in [2.45, 2.75) is 20.1 Å². The molecule has 94 valence electrons. The second-order valence-corrected chi connectivity index (χ2v) is 4.57. The average Bonchev–Trinajstić information content (AvgIpc) is 2.39. The molecule has 0 unspecified atom stereocenters. The summed E-state index contributed by atoms with van der Waals surface area (Å²) in [4.78, 5) is 0. The van der Waals surface area contributed by atoms with Gasteiger partial charge >= 0.3 is 0 Å². The number of aryl methyl sites for hydroxylation is 1. The number of ether oxygens (including phenoxy) is 1. The Kier molecular flexibility index (Phi) is 4.24. The van der Waals surface area contributed by atoms with Crippen molar-refractivity contribution in [1.29, 1.82) is 0 Å². The SMILES string of the molecule is Cc1ccc(COc2c(Cl)cccc2CO)cc1. The van der Waals surface area contributed by atoms with Crippen molar-refractivity contribution in [1.82, 2.24) is 0 Å². The third-order valence-corrected chi connectivity index (χ3v) is 3.02. The van der Waals surface area contributed by atoms with Crippen LogP contribution in [0.4, 0.5) is 0 Å². The van der Waals surface area contributed by atoms with Crippen LogP contribution < -0.4 is 4.74 Å². The summed E-state index contributed by atoms with van der Waals surface area (Å²) in [5, 5.41) is 9.76. The molecular weight excluding hydrogens is 248 g/mol. The Morgan fingerprint density at radius 2 is 1.83 bits per heavy atom. The average molecular weight is 263 g/mol. The lowest BCUT2D eigenvalue weighted by molar-refractivity contribution is 0.259. The summed E-state index contributed by atoms with van der Waals surface area (Å²) in [6, 6.07) is 13.5. The maximum atomic E-state index is 9.24. The minimum Gasteiger partial charge on any atom is -0.487 e. The smallest absolute Gasteiger partial charge is 0.143 e. The Labute approximate surface area is 112 Å². The van der Waals surface area contributed by atoms with Crippen LogP contribution in [0.1, 0.15) is 16.7 Å². The van der Waals surface area contributed by atoms with Gasteiger partial charge in [0.15, 0.2) is 0 Å². The number of aliphatic hydroxyl groups is 1. The maximum absolute atomic E-state index is 9.24. The predicted octanol–water partition coefficient (Wildman–Crippen LogP) is 3.72. The monoisotopic (exact) mass is 262 g/mol. The fourth-order valence-electron chi connectivity index (χ4n) is 1.68. The van der Waals surface area contributed by atoms with Gasteiger partial charge < -0.3 is 9.84 Å². The highest BCUT2D eigenvalue weighted by Gasteiger charge is 2.07. The van der Waals surface area contributed by atoms with Gasteiger partial charge in [-0.3, -0.25) is 0 Å². The van der Waals surface area contributed by atoms with Gasteiger partial charge in [-0.1, -0.05) is 53.6 Å². The molecule has 2 nitrogen and oxygen atoms in total. The van der Waals surface area contributed by atoms with Gasteiger partial charge in [0.2, 0.25) is 0 Å². The van der Waals surface area contributed by atoms with Gasteiger partial charge in [-0.25, -0.2) is 0 Å². The number of rotatable bonds is 4. The fraction of sp³-hybridized carbons (Fsp3) is 0.200. The second-order valence-electron chi connectivity index (χ2n) is 4.16. The molecule has 1 N–H and O–H groups in total. The lowest BCUT2D eigenvalue weighted by atomic mass is 10.1. The van der Waals surface area contributed by atoms with Gasteiger partial charge in [0, 0.05) is 5.56 Å². The summed E-state index contributed by atoms with van der Waals surface area (Å²) >= 11 is 6.06. The van der Waals surface area contributed by atoms with Crippen molar-refractivity contribution in [2.24, 2.45) is 0 Å². The van der Waals surface area contributed by atoms with E-state index in [2.05, 4.69) is 0 Å². The van der Waals surface area contributed by atoms with E-state index < -0.39 is 0 Å². The molecule has 0 heterocycles. The van der Waals surface area contributed by atoms with Crippen LogP contribution in [0.3, 0.4) is 0 Å². The van der Waals surface area contributed by atoms with Crippen LogP contribution in [0.5, 0.6) is 5.75 Å². The molecule has 0 bridgehead atoms. The molecule has 0 saturated heterocycles. The first-order valence-electron chi connectivity index (χ1n) is 5.77. The van der Waals surface area contributed by atoms with Crippen molar-refractivity contribution in [3.63, 3.8) is 0 Å². The zero-order valence-corrected chi connectivity index (χ0v) is 10.9. The van der Waals surface area contributed by atoms with E-state index in [9.17, 15) is 5.11 Å². The third kappa shape index (κ3) is 3.03. The molecule has 2 rings (SSSR count). The Morgan fingerprint density at radius 1 is 1.11 bits per heavy atom. The zero-order chi connectivity index (χ0) is 13.0. The van der Waals surface area contributed by atoms with Crippen molar-refractivity contribution in [2.75, 3.05) is 0 Å². The van der Waals surface area contributed by atoms with Gasteiger partial charge in [0.05, 0.1) is 11.6 Å². The van der Waals surface area contributed by atoms with Crippen LogP contribution in [-0.2, 0) is 13.2 Å². The molecule has 0 aromatic heterocycles. The Bertz CT molecular complexity index is 521. The first-order valence-corrected chi connectivity index (χ1v) is 6.15. The van der Waals surface area contributed by atoms with Crippen LogP contribution in [-0.4, -0.2) is 5.11 Å². The van der Waals surface area contributed by atoms with Crippen molar-refractivity contribution < 1.29 is 9.84 Å². The summed E-state index contributed by atoms with van der Waals surface area (Å²) < 4.78 is 5.69. The molecule has 18 heavy (non-hydrogen) atoms. The second kappa shape index (κ2) is 5.89. The number of aliphatic hydroxyl groups excluding tert-OH is 1. The molecule has 0 aliphatic heterocycles. The van der Waals surface area contributed by atoms with Gasteiger partial charge in [0.1, 0.15) is 12.4 Å². The van der Waals surface area contributed by atoms with Gasteiger partial charge in [-0.05, 0) is 18.6 Å². The number of benzene rings is 2. The standard InChI is InChI=1S/C15H15ClO2/c1-11-5-7-12(8-6-11)10-18-15-13(9-17)3-2-4-14(15)16/h2-8,17H,9-10H2,1H3. The van der Waals surface area contributed by atoms with E-state index in [0.717, 1.165) is 5.56 Å². The van der Waals surface area contributed by atoms with Crippen molar-refractivity contribution in [3.8, 4) is 5.75 Å². The molecule has 0 saturated carbocycles. The molecule has 0 fully saturated rings. The van der Waals surface area contributed by atoms with Crippen LogP contribution in [0.15, 0.2) is 42.5 Å². The Hall–Kier alpha value is -1.51. The molecule has 2 aromatic carbocycles. The quantitative estimate of drug-likeness (QED) is 0.910. The lowest BCUT2D eigenvalue weighted by Gasteiger charge is -2.12. The summed E-state index contributed by atoms with van der Waals surface area (Å²) in [5.41, 5.74) is 2.99. The number of hydrogen-bond acceptors (Lipinski definition) is 2. The first kappa shape index (κ1) is 12.9. The minimum absolute atomic E-state index is 0.0796. The molecular formula is C15H15ClO2. The maximum Gasteiger partial charge on any atom is 0.143 e. The normalized spacial score (nSPS) is 10.4. The van der Waals surface area contributed by atoms with E-state index in [0.29, 0.717) is 22.9 Å². The van der Waals surface area contributed by atoms with E-state index in [1.54, 1.807) is 18.2 Å². The Morgan fingerprint density at radius 3 is 2.50 bits per heavy atom. The van der Waals surface area contributed by atoms with Crippen molar-refractivity contribution >= 4 is 11.6 Å². The van der Waals surface area contributed by atoms with Gasteiger partial charge in [0.25, 0.3) is 0 Å². The molecule has 0 spiro atoms. The minimum atomic E-state index is -0.0796. The molecule has 0 amide bonds. The molecule has 0 radical (unpaired) electrons. The van der Waals surface area contributed by atoms with Gasteiger partial charge in [-0.2, -0.15) is 0 Å². The highest BCUT2D eigenvalue weighted by atomic mass is 35.5. The molecule has 0 aliphatic carbocycles. The zero-order valence-electron chi connectivity index (χ0n) is 10.2. The highest BCUT2D eigenvalue weighted by molar-refractivity contribution is 6.32. The fourth-order valence-corrected chi connectivity index (χ4v) is 1.93.